The van der Waals surface area contributed by atoms with Crippen LogP contribution >= 0.6 is 0 Å². The van der Waals surface area contributed by atoms with Gasteiger partial charge < -0.3 is 10.4 Å². The number of nitrogens with one attached hydrogen (secondary N) is 1. The fourth-order valence-corrected chi connectivity index (χ4v) is 1.98. The van der Waals surface area contributed by atoms with Gasteiger partial charge >= 0.3 is 5.97 Å². The molecule has 19 heavy (non-hydrogen) atoms. The van der Waals surface area contributed by atoms with Crippen LogP contribution in [-0.2, 0) is 9.59 Å². The van der Waals surface area contributed by atoms with E-state index in [-0.39, 0.29) is 17.9 Å². The minimum absolute atomic E-state index is 0.0266. The summed E-state index contributed by atoms with van der Waals surface area (Å²) in [6, 6.07) is 0. The van der Waals surface area contributed by atoms with Gasteiger partial charge in [0, 0.05) is 18.4 Å². The molecule has 1 unspecified atom stereocenters. The molecule has 0 rings (SSSR count). The minimum atomic E-state index is -0.797. The van der Waals surface area contributed by atoms with Crippen molar-refractivity contribution in [2.24, 2.45) is 5.92 Å². The van der Waals surface area contributed by atoms with Gasteiger partial charge in [-0.25, -0.2) is 0 Å². The maximum absolute atomic E-state index is 11.8. The third-order valence-electron chi connectivity index (χ3n) is 3.73. The molecule has 0 spiro atoms. The van der Waals surface area contributed by atoms with Crippen molar-refractivity contribution in [1.29, 1.82) is 0 Å². The number of hydrogen-bond donors (Lipinski definition) is 2. The Bertz CT molecular complexity index is 287. The number of amides is 1. The third-order valence-corrected chi connectivity index (χ3v) is 3.73. The van der Waals surface area contributed by atoms with E-state index < -0.39 is 5.97 Å². The van der Waals surface area contributed by atoms with Crippen molar-refractivity contribution in [3.8, 4) is 0 Å². The highest BCUT2D eigenvalue weighted by atomic mass is 16.4. The quantitative estimate of drug-likeness (QED) is 0.599. The number of aliphatic carboxylic acids is 1. The lowest BCUT2D eigenvalue weighted by molar-refractivity contribution is -0.137. The Hall–Kier alpha value is -1.06. The molecule has 1 amide bonds. The highest BCUT2D eigenvalue weighted by molar-refractivity contribution is 5.76. The molecule has 0 heterocycles. The van der Waals surface area contributed by atoms with Crippen LogP contribution < -0.4 is 5.32 Å². The van der Waals surface area contributed by atoms with Gasteiger partial charge in [-0.15, -0.1) is 0 Å². The number of carboxylic acid groups (broad SMARTS) is 1. The van der Waals surface area contributed by atoms with Crippen LogP contribution in [0.5, 0.6) is 0 Å². The van der Waals surface area contributed by atoms with Gasteiger partial charge in [0.2, 0.25) is 5.91 Å². The van der Waals surface area contributed by atoms with Crippen LogP contribution in [0.4, 0.5) is 0 Å². The van der Waals surface area contributed by atoms with E-state index in [0.29, 0.717) is 25.2 Å². The molecule has 0 bridgehead atoms. The number of unbranched alkanes of at least 4 members (excludes halogenated alkanes) is 2. The first kappa shape index (κ1) is 17.9. The van der Waals surface area contributed by atoms with Crippen molar-refractivity contribution in [3.05, 3.63) is 0 Å². The summed E-state index contributed by atoms with van der Waals surface area (Å²) >= 11 is 0. The summed E-state index contributed by atoms with van der Waals surface area (Å²) in [5.74, 6) is -0.330. The zero-order valence-electron chi connectivity index (χ0n) is 12.8. The molecule has 112 valence electrons. The van der Waals surface area contributed by atoms with Crippen molar-refractivity contribution in [2.75, 3.05) is 0 Å². The monoisotopic (exact) mass is 271 g/mol. The molecular weight excluding hydrogens is 242 g/mol. The van der Waals surface area contributed by atoms with Crippen LogP contribution in [0.2, 0.25) is 0 Å². The van der Waals surface area contributed by atoms with E-state index in [1.165, 1.54) is 12.8 Å². The van der Waals surface area contributed by atoms with E-state index in [0.717, 1.165) is 6.42 Å². The summed E-state index contributed by atoms with van der Waals surface area (Å²) < 4.78 is 0. The molecule has 4 heteroatoms. The van der Waals surface area contributed by atoms with E-state index >= 15 is 0 Å². The molecule has 4 nitrogen and oxygen atoms in total. The van der Waals surface area contributed by atoms with Crippen LogP contribution in [0, 0.1) is 5.92 Å². The molecule has 1 atom stereocenters. The summed E-state index contributed by atoms with van der Waals surface area (Å²) in [7, 11) is 0. The average molecular weight is 271 g/mol. The fraction of sp³-hybridized carbons (Fsp3) is 0.867. The Balaban J connectivity index is 3.97. The predicted molar refractivity (Wildman–Crippen MR) is 77.0 cm³/mol. The van der Waals surface area contributed by atoms with Crippen LogP contribution in [0.1, 0.15) is 72.6 Å². The molecular formula is C15H29NO3. The van der Waals surface area contributed by atoms with E-state index in [9.17, 15) is 9.59 Å². The Morgan fingerprint density at radius 1 is 1.16 bits per heavy atom. The van der Waals surface area contributed by atoms with Gasteiger partial charge in [0.15, 0.2) is 0 Å². The molecule has 2 N–H and O–H groups in total. The molecule has 0 aliphatic rings. The number of carbonyl (C=O) groups excluding carboxylic acids is 1. The minimum Gasteiger partial charge on any atom is -0.481 e. The van der Waals surface area contributed by atoms with E-state index in [2.05, 4.69) is 33.0 Å². The molecule has 0 aromatic carbocycles. The van der Waals surface area contributed by atoms with Crippen molar-refractivity contribution >= 4 is 11.9 Å². The van der Waals surface area contributed by atoms with Crippen molar-refractivity contribution in [1.82, 2.24) is 5.32 Å². The molecule has 0 aliphatic heterocycles. The highest BCUT2D eigenvalue weighted by Gasteiger charge is 2.26. The van der Waals surface area contributed by atoms with Gasteiger partial charge in [0.05, 0.1) is 0 Å². The Morgan fingerprint density at radius 3 is 2.26 bits per heavy atom. The zero-order chi connectivity index (χ0) is 14.9. The van der Waals surface area contributed by atoms with Crippen LogP contribution in [-0.4, -0.2) is 22.5 Å². The standard InChI is InChI=1S/C15H29NO3/c1-5-6-9-12(2)15(3,4)16-13(17)10-7-8-11-14(18)19/h12H,5-11H2,1-4H3,(H,16,17)(H,18,19). The number of carbonyl (C=O) groups is 2. The van der Waals surface area contributed by atoms with Crippen molar-refractivity contribution in [3.63, 3.8) is 0 Å². The van der Waals surface area contributed by atoms with E-state index in [4.69, 9.17) is 5.11 Å². The first-order chi connectivity index (χ1) is 8.79. The molecule has 0 aromatic heterocycles. The second-order valence-electron chi connectivity index (χ2n) is 5.91. The summed E-state index contributed by atoms with van der Waals surface area (Å²) in [4.78, 5) is 22.2. The first-order valence-corrected chi connectivity index (χ1v) is 7.32. The number of carboxylic acids is 1. The van der Waals surface area contributed by atoms with Gasteiger partial charge in [-0.05, 0) is 39.0 Å². The molecule has 0 saturated carbocycles. The molecule has 0 fully saturated rings. The Labute approximate surface area is 117 Å². The summed E-state index contributed by atoms with van der Waals surface area (Å²) in [5.41, 5.74) is -0.195. The van der Waals surface area contributed by atoms with Gasteiger partial charge in [-0.3, -0.25) is 9.59 Å². The Morgan fingerprint density at radius 2 is 1.74 bits per heavy atom. The molecule has 0 aliphatic carbocycles. The van der Waals surface area contributed by atoms with Gasteiger partial charge in [0.1, 0.15) is 0 Å². The van der Waals surface area contributed by atoms with E-state index in [1.54, 1.807) is 0 Å². The average Bonchev–Trinajstić information content (AvgIpc) is 2.30. The molecule has 0 aromatic rings. The second kappa shape index (κ2) is 8.94. The van der Waals surface area contributed by atoms with Crippen LogP contribution in [0.15, 0.2) is 0 Å². The van der Waals surface area contributed by atoms with Crippen LogP contribution in [0.3, 0.4) is 0 Å². The lowest BCUT2D eigenvalue weighted by atomic mass is 9.85. The summed E-state index contributed by atoms with van der Waals surface area (Å²) in [6.45, 7) is 8.45. The summed E-state index contributed by atoms with van der Waals surface area (Å²) in [5, 5.41) is 11.6. The second-order valence-corrected chi connectivity index (χ2v) is 5.91. The number of hydrogen-bond acceptors (Lipinski definition) is 2. The lowest BCUT2D eigenvalue weighted by Crippen LogP contribution is -2.48. The van der Waals surface area contributed by atoms with Gasteiger partial charge in [-0.2, -0.15) is 0 Å². The molecule has 0 saturated heterocycles. The fourth-order valence-electron chi connectivity index (χ4n) is 1.98. The smallest absolute Gasteiger partial charge is 0.303 e. The normalized spacial score (nSPS) is 13.1. The number of rotatable bonds is 10. The summed E-state index contributed by atoms with van der Waals surface area (Å²) in [6.07, 6.45) is 5.22. The maximum Gasteiger partial charge on any atom is 0.303 e. The Kier molecular flexibility index (Phi) is 8.44. The maximum atomic E-state index is 11.8. The van der Waals surface area contributed by atoms with Crippen molar-refractivity contribution in [2.45, 2.75) is 78.2 Å². The topological polar surface area (TPSA) is 66.4 Å². The SMILES string of the molecule is CCCCC(C)C(C)(C)NC(=O)CCCCC(=O)O. The first-order valence-electron chi connectivity index (χ1n) is 7.32. The van der Waals surface area contributed by atoms with Crippen molar-refractivity contribution < 1.29 is 14.7 Å². The highest BCUT2D eigenvalue weighted by Crippen LogP contribution is 2.22. The predicted octanol–water partition coefficient (Wildman–Crippen LogP) is 3.35. The molecule has 0 radical (unpaired) electrons. The zero-order valence-corrected chi connectivity index (χ0v) is 12.8. The van der Waals surface area contributed by atoms with Crippen LogP contribution in [0.25, 0.3) is 0 Å². The lowest BCUT2D eigenvalue weighted by Gasteiger charge is -2.33. The largest absolute Gasteiger partial charge is 0.481 e. The van der Waals surface area contributed by atoms with Gasteiger partial charge in [-0.1, -0.05) is 26.7 Å². The van der Waals surface area contributed by atoms with E-state index in [1.807, 2.05) is 0 Å². The third kappa shape index (κ3) is 8.62. The van der Waals surface area contributed by atoms with Gasteiger partial charge in [0.25, 0.3) is 0 Å².